The molecule has 1 fully saturated rings. The van der Waals surface area contributed by atoms with Crippen molar-refractivity contribution in [3.05, 3.63) is 48.7 Å². The average molecular weight is 422 g/mol. The highest BCUT2D eigenvalue weighted by atomic mass is 32.2. The Balaban J connectivity index is 1.53. The van der Waals surface area contributed by atoms with E-state index >= 15 is 0 Å². The quantitative estimate of drug-likeness (QED) is 0.430. The fraction of sp³-hybridized carbons (Fsp3) is 0.273. The molecule has 2 aromatic heterocycles. The van der Waals surface area contributed by atoms with Gasteiger partial charge in [-0.15, -0.1) is 0 Å². The maximum absolute atomic E-state index is 6.21. The van der Waals surface area contributed by atoms with E-state index in [2.05, 4.69) is 20.3 Å². The molecule has 8 heteroatoms. The summed E-state index contributed by atoms with van der Waals surface area (Å²) >= 11 is 1.35. The van der Waals surface area contributed by atoms with E-state index in [1.807, 2.05) is 42.5 Å². The number of nitrogens with two attached hydrogens (primary N) is 2. The summed E-state index contributed by atoms with van der Waals surface area (Å²) in [6, 6.07) is 13.3. The van der Waals surface area contributed by atoms with Crippen LogP contribution in [0.15, 0.2) is 53.7 Å². The minimum absolute atomic E-state index is 0.405. The molecule has 5 N–H and O–H groups in total. The molecule has 0 aliphatic heterocycles. The molecule has 0 amide bonds. The van der Waals surface area contributed by atoms with Crippen LogP contribution in [0.3, 0.4) is 0 Å². The molecule has 1 aliphatic rings. The number of pyridine rings is 2. The second-order valence-corrected chi connectivity index (χ2v) is 8.29. The van der Waals surface area contributed by atoms with Gasteiger partial charge in [0, 0.05) is 11.8 Å². The first kappa shape index (κ1) is 20.2. The van der Waals surface area contributed by atoms with E-state index in [-0.39, 0.29) is 0 Å². The van der Waals surface area contributed by atoms with Gasteiger partial charge in [-0.2, -0.15) is 0 Å². The largest absolute Gasteiger partial charge is 0.495 e. The van der Waals surface area contributed by atoms with Crippen LogP contribution in [0.2, 0.25) is 0 Å². The molecule has 0 bridgehead atoms. The lowest BCUT2D eigenvalue weighted by Gasteiger charge is -2.11. The summed E-state index contributed by atoms with van der Waals surface area (Å²) in [4.78, 5) is 13.5. The van der Waals surface area contributed by atoms with Crippen molar-refractivity contribution in [2.24, 2.45) is 16.6 Å². The monoisotopic (exact) mass is 421 g/mol. The number of benzene rings is 1. The Hall–Kier alpha value is -3.13. The number of hydrogen-bond donors (Lipinski definition) is 3. The predicted octanol–water partition coefficient (Wildman–Crippen LogP) is 3.41. The molecule has 0 spiro atoms. The third kappa shape index (κ3) is 4.71. The van der Waals surface area contributed by atoms with Crippen LogP contribution in [0, 0.1) is 5.92 Å². The molecule has 1 aromatic carbocycles. The van der Waals surface area contributed by atoms with Gasteiger partial charge in [0.25, 0.3) is 0 Å². The number of ether oxygens (including phenoxy) is 1. The van der Waals surface area contributed by atoms with Crippen molar-refractivity contribution in [1.29, 1.82) is 0 Å². The lowest BCUT2D eigenvalue weighted by Crippen LogP contribution is -2.42. The third-order valence-electron chi connectivity index (χ3n) is 5.11. The fourth-order valence-electron chi connectivity index (χ4n) is 3.58. The summed E-state index contributed by atoms with van der Waals surface area (Å²) in [5, 5.41) is 10.8. The smallest absolute Gasteiger partial charge is 0.218 e. The number of anilines is 2. The van der Waals surface area contributed by atoms with Gasteiger partial charge in [-0.05, 0) is 43.2 Å². The van der Waals surface area contributed by atoms with Crippen molar-refractivity contribution >= 4 is 50.2 Å². The number of hydrogen-bond acceptors (Lipinski definition) is 6. The maximum Gasteiger partial charge on any atom is 0.218 e. The Morgan fingerprint density at radius 1 is 1.20 bits per heavy atom. The van der Waals surface area contributed by atoms with Gasteiger partial charge in [0.2, 0.25) is 5.04 Å². The Morgan fingerprint density at radius 3 is 2.80 bits per heavy atom. The third-order valence-corrected chi connectivity index (χ3v) is 5.98. The number of rotatable bonds is 5. The first-order valence-corrected chi connectivity index (χ1v) is 10.7. The zero-order valence-electron chi connectivity index (χ0n) is 16.8. The van der Waals surface area contributed by atoms with Gasteiger partial charge in [0.1, 0.15) is 5.75 Å². The summed E-state index contributed by atoms with van der Waals surface area (Å²) in [5.74, 6) is 1.72. The molecular weight excluding hydrogens is 396 g/mol. The Morgan fingerprint density at radius 2 is 2.00 bits per heavy atom. The van der Waals surface area contributed by atoms with Gasteiger partial charge < -0.3 is 15.8 Å². The molecule has 7 nitrogen and oxygen atoms in total. The van der Waals surface area contributed by atoms with Crippen LogP contribution in [0.25, 0.3) is 11.0 Å². The normalized spacial score (nSPS) is 14.8. The van der Waals surface area contributed by atoms with Gasteiger partial charge >= 0.3 is 0 Å². The van der Waals surface area contributed by atoms with Gasteiger partial charge in [-0.3, -0.25) is 10.4 Å². The van der Waals surface area contributed by atoms with E-state index in [1.165, 1.54) is 24.6 Å². The van der Waals surface area contributed by atoms with Crippen molar-refractivity contribution in [2.75, 3.05) is 12.4 Å². The number of thioether (sulfide) groups is 1. The number of methoxy groups -OCH3 is 1. The number of aromatic nitrogens is 2. The first-order chi connectivity index (χ1) is 14.6. The Kier molecular flexibility index (Phi) is 6.13. The number of fused-ring (bicyclic) bond motifs is 1. The van der Waals surface area contributed by atoms with Gasteiger partial charge in [-0.1, -0.05) is 25.0 Å². The molecule has 154 valence electrons. The number of para-hydroxylation sites is 2. The van der Waals surface area contributed by atoms with Crippen LogP contribution >= 0.6 is 11.8 Å². The molecule has 30 heavy (non-hydrogen) atoms. The number of nitrogens with zero attached hydrogens (tertiary/aromatic N) is 3. The Bertz CT molecular complexity index is 1090. The number of amidine groups is 1. The standard InChI is InChI=1S/C22H24N6OS/c1-29-19-9-5-4-8-17(19)26-15-12-18-16(25-13-15)10-11-20(27-18)28-22(24)30-21(23)14-6-2-3-7-14/h4-5,8-14,23,26H,2-3,6-7H2,1H3,(H2,24,27,28)/p+1. The molecule has 1 saturated carbocycles. The SMILES string of the molecule is COc1ccccc1Nc1cnc2ccc(N=C(N)SC(=[NH2+])C3CCCC3)nc2c1. The van der Waals surface area contributed by atoms with Crippen LogP contribution in [0.4, 0.5) is 17.2 Å². The van der Waals surface area contributed by atoms with Crippen LogP contribution in [-0.4, -0.2) is 27.3 Å². The lowest BCUT2D eigenvalue weighted by molar-refractivity contribution is -0.114. The molecule has 0 saturated heterocycles. The highest BCUT2D eigenvalue weighted by Crippen LogP contribution is 2.30. The van der Waals surface area contributed by atoms with E-state index in [9.17, 15) is 0 Å². The maximum atomic E-state index is 6.21. The van der Waals surface area contributed by atoms with E-state index in [1.54, 1.807) is 13.3 Å². The zero-order valence-corrected chi connectivity index (χ0v) is 17.7. The van der Waals surface area contributed by atoms with Crippen molar-refractivity contribution in [1.82, 2.24) is 9.97 Å². The van der Waals surface area contributed by atoms with E-state index in [0.717, 1.165) is 46.0 Å². The van der Waals surface area contributed by atoms with Gasteiger partial charge in [-0.25, -0.2) is 9.98 Å². The van der Waals surface area contributed by atoms with Crippen LogP contribution in [-0.2, 0) is 0 Å². The number of nitrogens with one attached hydrogen (secondary N) is 1. The summed E-state index contributed by atoms with van der Waals surface area (Å²) in [6.07, 6.45) is 6.49. The average Bonchev–Trinajstić information content (AvgIpc) is 3.29. The predicted molar refractivity (Wildman–Crippen MR) is 124 cm³/mol. The zero-order chi connectivity index (χ0) is 20.9. The number of aliphatic imine (C=N–C) groups is 1. The molecule has 0 radical (unpaired) electrons. The lowest BCUT2D eigenvalue weighted by atomic mass is 10.1. The summed E-state index contributed by atoms with van der Waals surface area (Å²) in [7, 11) is 1.64. The van der Waals surface area contributed by atoms with Crippen LogP contribution < -0.4 is 21.2 Å². The summed E-state index contributed by atoms with van der Waals surface area (Å²) in [6.45, 7) is 0. The van der Waals surface area contributed by atoms with Gasteiger partial charge in [0.15, 0.2) is 11.0 Å². The van der Waals surface area contributed by atoms with Gasteiger partial charge in [0.05, 0.1) is 41.6 Å². The minimum Gasteiger partial charge on any atom is -0.495 e. The molecule has 4 rings (SSSR count). The van der Waals surface area contributed by atoms with E-state index < -0.39 is 0 Å². The minimum atomic E-state index is 0.405. The van der Waals surface area contributed by atoms with Crippen LogP contribution in [0.1, 0.15) is 25.7 Å². The highest BCUT2D eigenvalue weighted by Gasteiger charge is 2.25. The molecule has 1 aliphatic carbocycles. The van der Waals surface area contributed by atoms with Crippen molar-refractivity contribution < 1.29 is 10.1 Å². The molecule has 2 heterocycles. The molecular formula is C22H25N6OS+. The Labute approximate surface area is 179 Å². The van der Waals surface area contributed by atoms with Crippen molar-refractivity contribution in [3.8, 4) is 5.75 Å². The highest BCUT2D eigenvalue weighted by molar-refractivity contribution is 8.26. The topological polar surface area (TPSA) is 111 Å². The van der Waals surface area contributed by atoms with Crippen molar-refractivity contribution in [3.63, 3.8) is 0 Å². The fourth-order valence-corrected chi connectivity index (χ4v) is 4.36. The first-order valence-electron chi connectivity index (χ1n) is 9.93. The summed E-state index contributed by atoms with van der Waals surface area (Å²) in [5.41, 5.74) is 9.28. The molecule has 3 aromatic rings. The van der Waals surface area contributed by atoms with E-state index in [4.69, 9.17) is 15.9 Å². The van der Waals surface area contributed by atoms with Crippen LogP contribution in [0.5, 0.6) is 5.75 Å². The molecule has 0 unspecified atom stereocenters. The summed E-state index contributed by atoms with van der Waals surface area (Å²) < 4.78 is 5.39. The molecule has 0 atom stereocenters. The van der Waals surface area contributed by atoms with Crippen molar-refractivity contribution in [2.45, 2.75) is 25.7 Å². The second kappa shape index (κ2) is 9.13. The second-order valence-electron chi connectivity index (χ2n) is 7.19. The van der Waals surface area contributed by atoms with E-state index in [0.29, 0.717) is 16.9 Å².